The minimum atomic E-state index is -1.25. The molecule has 0 amide bonds. The van der Waals surface area contributed by atoms with Crippen molar-refractivity contribution in [3.8, 4) is 0 Å². The molecule has 0 bridgehead atoms. The van der Waals surface area contributed by atoms with E-state index in [1.54, 1.807) is 0 Å². The number of carbonyl (C=O) groups is 1. The van der Waals surface area contributed by atoms with Crippen LogP contribution in [-0.2, 0) is 4.79 Å². The van der Waals surface area contributed by atoms with E-state index in [-0.39, 0.29) is 12.4 Å². The number of aliphatic hydroxyl groups excluding tert-OH is 1. The van der Waals surface area contributed by atoms with Gasteiger partial charge in [0, 0.05) is 6.61 Å². The summed E-state index contributed by atoms with van der Waals surface area (Å²) in [5.74, 6) is -0.249. The van der Waals surface area contributed by atoms with Crippen molar-refractivity contribution in [1.29, 1.82) is 0 Å². The Morgan fingerprint density at radius 3 is 2.40 bits per heavy atom. The van der Waals surface area contributed by atoms with Gasteiger partial charge in [0.2, 0.25) is 0 Å². The Labute approximate surface area is 60.7 Å². The summed E-state index contributed by atoms with van der Waals surface area (Å²) in [5.41, 5.74) is -1.25. The first-order chi connectivity index (χ1) is 4.50. The smallest absolute Gasteiger partial charge is 0.160 e. The van der Waals surface area contributed by atoms with Crippen molar-refractivity contribution < 1.29 is 15.0 Å². The molecule has 0 rings (SSSR count). The van der Waals surface area contributed by atoms with Crippen molar-refractivity contribution in [3.05, 3.63) is 0 Å². The van der Waals surface area contributed by atoms with Crippen LogP contribution in [0.1, 0.15) is 26.7 Å². The van der Waals surface area contributed by atoms with Crippen LogP contribution in [0.2, 0.25) is 0 Å². The Balaban J connectivity index is 3.75. The third-order valence-corrected chi connectivity index (χ3v) is 1.58. The maximum absolute atomic E-state index is 10.6. The predicted molar refractivity (Wildman–Crippen MR) is 37.6 cm³/mol. The first-order valence-corrected chi connectivity index (χ1v) is 3.35. The first-order valence-electron chi connectivity index (χ1n) is 3.35. The highest BCUT2D eigenvalue weighted by Gasteiger charge is 2.24. The second kappa shape index (κ2) is 3.68. The van der Waals surface area contributed by atoms with E-state index in [1.807, 2.05) is 0 Å². The summed E-state index contributed by atoms with van der Waals surface area (Å²) in [4.78, 5) is 10.6. The van der Waals surface area contributed by atoms with Crippen molar-refractivity contribution in [1.82, 2.24) is 0 Å². The number of Topliss-reactive ketones (excluding diaryl/α,β-unsaturated/α-hetero) is 1. The summed E-state index contributed by atoms with van der Waals surface area (Å²) in [6, 6.07) is 0. The average Bonchev–Trinajstić information content (AvgIpc) is 1.84. The number of hydrogen-bond acceptors (Lipinski definition) is 3. The average molecular weight is 146 g/mol. The molecule has 0 fully saturated rings. The highest BCUT2D eigenvalue weighted by atomic mass is 16.3. The maximum Gasteiger partial charge on any atom is 0.160 e. The molecule has 2 N–H and O–H groups in total. The zero-order valence-corrected chi connectivity index (χ0v) is 6.42. The third kappa shape index (κ3) is 2.94. The Morgan fingerprint density at radius 2 is 2.10 bits per heavy atom. The molecule has 0 saturated heterocycles. The quantitative estimate of drug-likeness (QED) is 0.591. The summed E-state index contributed by atoms with van der Waals surface area (Å²) >= 11 is 0. The van der Waals surface area contributed by atoms with Crippen LogP contribution in [0.25, 0.3) is 0 Å². The number of hydrogen-bond donors (Lipinski definition) is 2. The number of ketones is 1. The van der Waals surface area contributed by atoms with E-state index < -0.39 is 5.60 Å². The second-order valence-corrected chi connectivity index (χ2v) is 2.66. The molecule has 0 aliphatic carbocycles. The normalized spacial score (nSPS) is 16.4. The summed E-state index contributed by atoms with van der Waals surface area (Å²) in [6.07, 6.45) is 0.797. The highest BCUT2D eigenvalue weighted by Crippen LogP contribution is 2.11. The van der Waals surface area contributed by atoms with Gasteiger partial charge in [-0.25, -0.2) is 0 Å². The van der Waals surface area contributed by atoms with Gasteiger partial charge in [0.15, 0.2) is 5.78 Å². The molecule has 0 radical (unpaired) electrons. The van der Waals surface area contributed by atoms with Crippen molar-refractivity contribution in [2.75, 3.05) is 6.61 Å². The number of rotatable bonds is 4. The maximum atomic E-state index is 10.6. The van der Waals surface area contributed by atoms with Crippen LogP contribution in [0.4, 0.5) is 0 Å². The zero-order valence-electron chi connectivity index (χ0n) is 6.42. The fourth-order valence-corrected chi connectivity index (χ4v) is 0.599. The Kier molecular flexibility index (Phi) is 3.53. The van der Waals surface area contributed by atoms with Gasteiger partial charge in [-0.2, -0.15) is 0 Å². The van der Waals surface area contributed by atoms with Gasteiger partial charge in [0.25, 0.3) is 0 Å². The molecule has 60 valence electrons. The second-order valence-electron chi connectivity index (χ2n) is 2.66. The van der Waals surface area contributed by atoms with Crippen LogP contribution in [0.3, 0.4) is 0 Å². The van der Waals surface area contributed by atoms with Gasteiger partial charge in [-0.15, -0.1) is 0 Å². The molecule has 0 aromatic heterocycles. The summed E-state index contributed by atoms with van der Waals surface area (Å²) in [5, 5.41) is 17.7. The molecule has 1 unspecified atom stereocenters. The molecule has 0 heterocycles. The van der Waals surface area contributed by atoms with Crippen LogP contribution in [0.5, 0.6) is 0 Å². The van der Waals surface area contributed by atoms with Gasteiger partial charge < -0.3 is 10.2 Å². The molecule has 0 aliphatic rings. The van der Waals surface area contributed by atoms with E-state index in [1.165, 1.54) is 13.8 Å². The summed E-state index contributed by atoms with van der Waals surface area (Å²) in [7, 11) is 0. The van der Waals surface area contributed by atoms with Gasteiger partial charge in [0.05, 0.1) is 0 Å². The molecule has 1 atom stereocenters. The van der Waals surface area contributed by atoms with Crippen molar-refractivity contribution in [2.45, 2.75) is 32.3 Å². The van der Waals surface area contributed by atoms with Crippen LogP contribution < -0.4 is 0 Å². The topological polar surface area (TPSA) is 57.5 Å². The molecule has 3 heteroatoms. The first kappa shape index (κ1) is 9.59. The van der Waals surface area contributed by atoms with Crippen LogP contribution >= 0.6 is 0 Å². The summed E-state index contributed by atoms with van der Waals surface area (Å²) in [6.45, 7) is 2.83. The van der Waals surface area contributed by atoms with E-state index >= 15 is 0 Å². The molecule has 0 aromatic carbocycles. The summed E-state index contributed by atoms with van der Waals surface area (Å²) < 4.78 is 0. The van der Waals surface area contributed by atoms with Gasteiger partial charge in [0.1, 0.15) is 5.60 Å². The predicted octanol–water partition coefficient (Wildman–Crippen LogP) is 0.0989. The van der Waals surface area contributed by atoms with Crippen molar-refractivity contribution in [3.63, 3.8) is 0 Å². The molecule has 0 spiro atoms. The lowest BCUT2D eigenvalue weighted by atomic mass is 9.96. The molecule has 0 saturated carbocycles. The Morgan fingerprint density at radius 1 is 1.60 bits per heavy atom. The number of aliphatic hydroxyl groups is 2. The van der Waals surface area contributed by atoms with Crippen LogP contribution in [0, 0.1) is 0 Å². The fraction of sp³-hybridized carbons (Fsp3) is 0.857. The standard InChI is InChI=1S/C7H14O3/c1-6(9)7(2,10)4-3-5-8/h8,10H,3-5H2,1-2H3. The SMILES string of the molecule is CC(=O)C(C)(O)CCCO. The van der Waals surface area contributed by atoms with Gasteiger partial charge in [-0.1, -0.05) is 0 Å². The van der Waals surface area contributed by atoms with E-state index in [0.29, 0.717) is 12.8 Å². The van der Waals surface area contributed by atoms with Gasteiger partial charge >= 0.3 is 0 Å². The highest BCUT2D eigenvalue weighted by molar-refractivity contribution is 5.84. The zero-order chi connectivity index (χ0) is 8.20. The number of carbonyl (C=O) groups excluding carboxylic acids is 1. The molecular formula is C7H14O3. The van der Waals surface area contributed by atoms with E-state index in [0.717, 1.165) is 0 Å². The molecular weight excluding hydrogens is 132 g/mol. The van der Waals surface area contributed by atoms with Crippen LogP contribution in [-0.4, -0.2) is 28.2 Å². The molecule has 10 heavy (non-hydrogen) atoms. The van der Waals surface area contributed by atoms with Gasteiger partial charge in [-0.05, 0) is 26.7 Å². The molecule has 0 aromatic rings. The van der Waals surface area contributed by atoms with Crippen molar-refractivity contribution in [2.24, 2.45) is 0 Å². The lowest BCUT2D eigenvalue weighted by molar-refractivity contribution is -0.134. The third-order valence-electron chi connectivity index (χ3n) is 1.58. The lowest BCUT2D eigenvalue weighted by Gasteiger charge is -2.18. The molecule has 0 aliphatic heterocycles. The Hall–Kier alpha value is -0.410. The van der Waals surface area contributed by atoms with Crippen LogP contribution in [0.15, 0.2) is 0 Å². The largest absolute Gasteiger partial charge is 0.396 e. The minimum absolute atomic E-state index is 0.0173. The molecule has 3 nitrogen and oxygen atoms in total. The Bertz CT molecular complexity index is 118. The minimum Gasteiger partial charge on any atom is -0.396 e. The monoisotopic (exact) mass is 146 g/mol. The van der Waals surface area contributed by atoms with Gasteiger partial charge in [-0.3, -0.25) is 4.79 Å². The van der Waals surface area contributed by atoms with E-state index in [2.05, 4.69) is 0 Å². The van der Waals surface area contributed by atoms with Crippen molar-refractivity contribution >= 4 is 5.78 Å². The fourth-order valence-electron chi connectivity index (χ4n) is 0.599. The van der Waals surface area contributed by atoms with E-state index in [9.17, 15) is 9.90 Å². The lowest BCUT2D eigenvalue weighted by Crippen LogP contribution is -2.32. The van der Waals surface area contributed by atoms with E-state index in [4.69, 9.17) is 5.11 Å².